The van der Waals surface area contributed by atoms with E-state index in [0.717, 1.165) is 5.75 Å². The van der Waals surface area contributed by atoms with Gasteiger partial charge >= 0.3 is 0 Å². The van der Waals surface area contributed by atoms with Crippen LogP contribution < -0.4 is 5.32 Å². The van der Waals surface area contributed by atoms with Gasteiger partial charge in [0.2, 0.25) is 5.91 Å². The van der Waals surface area contributed by atoms with Gasteiger partial charge in [-0.05, 0) is 5.92 Å². The van der Waals surface area contributed by atoms with Gasteiger partial charge in [-0.1, -0.05) is 13.8 Å². The lowest BCUT2D eigenvalue weighted by atomic mass is 10.1. The van der Waals surface area contributed by atoms with Crippen LogP contribution >= 0.6 is 11.8 Å². The van der Waals surface area contributed by atoms with Gasteiger partial charge < -0.3 is 5.32 Å². The molecule has 0 aliphatic carbocycles. The van der Waals surface area contributed by atoms with Crippen LogP contribution in [0.15, 0.2) is 0 Å². The van der Waals surface area contributed by atoms with Crippen LogP contribution in [0.4, 0.5) is 0 Å². The highest BCUT2D eigenvalue weighted by molar-refractivity contribution is 8.00. The summed E-state index contributed by atoms with van der Waals surface area (Å²) in [5, 5.41) is 2.96. The summed E-state index contributed by atoms with van der Waals surface area (Å²) in [6.07, 6.45) is 0. The summed E-state index contributed by atoms with van der Waals surface area (Å²) in [4.78, 5) is 10.8. The quantitative estimate of drug-likeness (QED) is 0.615. The van der Waals surface area contributed by atoms with E-state index in [1.165, 1.54) is 0 Å². The van der Waals surface area contributed by atoms with Crippen molar-refractivity contribution < 1.29 is 4.79 Å². The van der Waals surface area contributed by atoms with E-state index >= 15 is 0 Å². The monoisotopic (exact) mass is 159 g/mol. The molecule has 2 nitrogen and oxygen atoms in total. The van der Waals surface area contributed by atoms with Crippen LogP contribution in [-0.2, 0) is 4.79 Å². The Morgan fingerprint density at radius 2 is 2.40 bits per heavy atom. The van der Waals surface area contributed by atoms with Gasteiger partial charge in [0, 0.05) is 11.8 Å². The molecule has 58 valence electrons. The van der Waals surface area contributed by atoms with Crippen molar-refractivity contribution in [3.8, 4) is 0 Å². The number of rotatable bonds is 1. The number of hydrogen-bond donors (Lipinski definition) is 1. The van der Waals surface area contributed by atoms with E-state index in [2.05, 4.69) is 19.2 Å². The highest BCUT2D eigenvalue weighted by Crippen LogP contribution is 2.14. The zero-order chi connectivity index (χ0) is 7.56. The Kier molecular flexibility index (Phi) is 2.60. The largest absolute Gasteiger partial charge is 0.352 e. The first-order valence-corrected chi connectivity index (χ1v) is 4.72. The van der Waals surface area contributed by atoms with Crippen molar-refractivity contribution in [2.24, 2.45) is 5.92 Å². The molecular weight excluding hydrogens is 146 g/mol. The van der Waals surface area contributed by atoms with E-state index in [9.17, 15) is 4.79 Å². The highest BCUT2D eigenvalue weighted by Gasteiger charge is 2.20. The minimum Gasteiger partial charge on any atom is -0.352 e. The molecule has 1 unspecified atom stereocenters. The fraction of sp³-hybridized carbons (Fsp3) is 0.857. The third-order valence-electron chi connectivity index (χ3n) is 1.68. The first-order valence-electron chi connectivity index (χ1n) is 3.57. The summed E-state index contributed by atoms with van der Waals surface area (Å²) >= 11 is 1.73. The number of carbonyl (C=O) groups is 1. The first-order chi connectivity index (χ1) is 4.70. The number of amides is 1. The van der Waals surface area contributed by atoms with Crippen LogP contribution in [0.25, 0.3) is 0 Å². The minimum absolute atomic E-state index is 0.190. The van der Waals surface area contributed by atoms with Crippen molar-refractivity contribution >= 4 is 17.7 Å². The van der Waals surface area contributed by atoms with Crippen molar-refractivity contribution in [2.75, 3.05) is 11.5 Å². The lowest BCUT2D eigenvalue weighted by molar-refractivity contribution is -0.119. The molecule has 0 aromatic carbocycles. The van der Waals surface area contributed by atoms with E-state index in [4.69, 9.17) is 0 Å². The molecule has 1 atom stereocenters. The zero-order valence-electron chi connectivity index (χ0n) is 6.39. The van der Waals surface area contributed by atoms with Gasteiger partial charge in [-0.3, -0.25) is 4.79 Å². The van der Waals surface area contributed by atoms with Crippen LogP contribution in [0.3, 0.4) is 0 Å². The molecule has 1 saturated heterocycles. The predicted molar refractivity (Wildman–Crippen MR) is 44.1 cm³/mol. The molecule has 0 radical (unpaired) electrons. The Morgan fingerprint density at radius 3 is 2.80 bits per heavy atom. The summed E-state index contributed by atoms with van der Waals surface area (Å²) in [7, 11) is 0. The van der Waals surface area contributed by atoms with Crippen molar-refractivity contribution in [3.05, 3.63) is 0 Å². The maximum absolute atomic E-state index is 10.8. The third-order valence-corrected chi connectivity index (χ3v) is 2.74. The molecule has 1 fully saturated rings. The fourth-order valence-corrected chi connectivity index (χ4v) is 2.04. The van der Waals surface area contributed by atoms with Gasteiger partial charge in [0.15, 0.2) is 0 Å². The van der Waals surface area contributed by atoms with Crippen molar-refractivity contribution in [2.45, 2.75) is 19.9 Å². The van der Waals surface area contributed by atoms with Crippen LogP contribution in [0.1, 0.15) is 13.8 Å². The Labute approximate surface area is 65.8 Å². The van der Waals surface area contributed by atoms with Gasteiger partial charge in [0.05, 0.1) is 5.75 Å². The molecular formula is C7H13NOS. The van der Waals surface area contributed by atoms with Crippen LogP contribution in [0.5, 0.6) is 0 Å². The number of thioether (sulfide) groups is 1. The van der Waals surface area contributed by atoms with Gasteiger partial charge in [0.25, 0.3) is 0 Å². The molecule has 1 aliphatic rings. The minimum atomic E-state index is 0.190. The number of carbonyl (C=O) groups excluding carboxylic acids is 1. The number of nitrogens with one attached hydrogen (secondary N) is 1. The predicted octanol–water partition coefficient (Wildman–Crippen LogP) is 0.874. The molecule has 0 bridgehead atoms. The average molecular weight is 159 g/mol. The van der Waals surface area contributed by atoms with Gasteiger partial charge in [0.1, 0.15) is 0 Å². The summed E-state index contributed by atoms with van der Waals surface area (Å²) < 4.78 is 0. The topological polar surface area (TPSA) is 29.1 Å². The molecule has 1 rings (SSSR count). The molecule has 1 aliphatic heterocycles. The second kappa shape index (κ2) is 3.28. The Balaban J connectivity index is 2.39. The first kappa shape index (κ1) is 7.92. The SMILES string of the molecule is CC(C)C1CSCC(=O)N1. The maximum atomic E-state index is 10.8. The second-order valence-corrected chi connectivity index (χ2v) is 3.96. The molecule has 1 N–H and O–H groups in total. The van der Waals surface area contributed by atoms with E-state index in [1.54, 1.807) is 11.8 Å². The highest BCUT2D eigenvalue weighted by atomic mass is 32.2. The van der Waals surface area contributed by atoms with Gasteiger partial charge in [-0.25, -0.2) is 0 Å². The molecule has 0 aromatic heterocycles. The van der Waals surface area contributed by atoms with Gasteiger partial charge in [-0.2, -0.15) is 0 Å². The third kappa shape index (κ3) is 1.90. The van der Waals surface area contributed by atoms with E-state index in [1.807, 2.05) is 0 Å². The summed E-state index contributed by atoms with van der Waals surface area (Å²) in [6, 6.07) is 0.395. The smallest absolute Gasteiger partial charge is 0.230 e. The summed E-state index contributed by atoms with van der Waals surface area (Å²) in [5.74, 6) is 2.47. The van der Waals surface area contributed by atoms with Crippen LogP contribution in [0.2, 0.25) is 0 Å². The van der Waals surface area contributed by atoms with E-state index in [-0.39, 0.29) is 5.91 Å². The average Bonchev–Trinajstić information content (AvgIpc) is 1.88. The van der Waals surface area contributed by atoms with E-state index < -0.39 is 0 Å². The van der Waals surface area contributed by atoms with E-state index in [0.29, 0.717) is 17.7 Å². The van der Waals surface area contributed by atoms with Crippen molar-refractivity contribution in [1.82, 2.24) is 5.32 Å². The van der Waals surface area contributed by atoms with Crippen LogP contribution in [-0.4, -0.2) is 23.5 Å². The number of hydrogen-bond acceptors (Lipinski definition) is 2. The Bertz CT molecular complexity index is 136. The second-order valence-electron chi connectivity index (χ2n) is 2.93. The summed E-state index contributed by atoms with van der Waals surface area (Å²) in [5.41, 5.74) is 0. The molecule has 1 amide bonds. The normalized spacial score (nSPS) is 26.7. The fourth-order valence-electron chi connectivity index (χ4n) is 0.928. The van der Waals surface area contributed by atoms with Crippen molar-refractivity contribution in [3.63, 3.8) is 0 Å². The lowest BCUT2D eigenvalue weighted by Gasteiger charge is -2.25. The van der Waals surface area contributed by atoms with Crippen molar-refractivity contribution in [1.29, 1.82) is 0 Å². The van der Waals surface area contributed by atoms with Crippen LogP contribution in [0, 0.1) is 5.92 Å². The standard InChI is InChI=1S/C7H13NOS/c1-5(2)6-3-10-4-7(9)8-6/h5-6H,3-4H2,1-2H3,(H,8,9). The molecule has 3 heteroatoms. The summed E-state index contributed by atoms with van der Waals surface area (Å²) in [6.45, 7) is 4.27. The molecule has 0 aromatic rings. The maximum Gasteiger partial charge on any atom is 0.230 e. The molecule has 10 heavy (non-hydrogen) atoms. The Hall–Kier alpha value is -0.180. The zero-order valence-corrected chi connectivity index (χ0v) is 7.20. The Morgan fingerprint density at radius 1 is 1.70 bits per heavy atom. The molecule has 0 saturated carbocycles. The molecule has 1 heterocycles. The molecule has 0 spiro atoms. The lowest BCUT2D eigenvalue weighted by Crippen LogP contribution is -2.44. The van der Waals surface area contributed by atoms with Gasteiger partial charge in [-0.15, -0.1) is 11.8 Å².